The van der Waals surface area contributed by atoms with Crippen molar-refractivity contribution in [3.63, 3.8) is 0 Å². The lowest BCUT2D eigenvalue weighted by atomic mass is 10.4. The molecule has 0 fully saturated rings. The van der Waals surface area contributed by atoms with E-state index in [-0.39, 0.29) is 0 Å². The minimum Gasteiger partial charge on any atom is -0.363 e. The molecule has 6 heteroatoms. The van der Waals surface area contributed by atoms with Crippen LogP contribution in [0.2, 0.25) is 5.02 Å². The molecule has 0 atom stereocenters. The molecule has 1 rings (SSSR count). The summed E-state index contributed by atoms with van der Waals surface area (Å²) >= 11 is 5.05. The Hall–Kier alpha value is -0.710. The number of aromatic nitrogens is 1. The molecular weight excluding hydrogens is 170 g/mol. The second-order valence-electron chi connectivity index (χ2n) is 1.51. The topological polar surface area (TPSA) is 26.0 Å². The average molecular weight is 172 g/mol. The third-order valence-electron chi connectivity index (χ3n) is 0.795. The Kier molecular flexibility index (Phi) is 1.60. The molecule has 56 valence electrons. The number of nitrogens with zero attached hydrogens (tertiary/aromatic N) is 1. The van der Waals surface area contributed by atoms with Gasteiger partial charge in [-0.3, -0.25) is 0 Å². The summed E-state index contributed by atoms with van der Waals surface area (Å²) in [5, 5.41) is 2.13. The number of rotatable bonds is 0. The molecule has 0 saturated heterocycles. The van der Waals surface area contributed by atoms with Crippen LogP contribution in [0.5, 0.6) is 0 Å². The molecular formula is C4HClF3NO. The Labute approximate surface area is 58.6 Å². The fourth-order valence-electron chi connectivity index (χ4n) is 0.412. The second kappa shape index (κ2) is 2.16. The quantitative estimate of drug-likeness (QED) is 0.599. The molecule has 0 N–H and O–H groups in total. The zero-order valence-electron chi connectivity index (χ0n) is 4.44. The minimum absolute atomic E-state index is 0.521. The SMILES string of the molecule is FC(F)(F)c1nocc1Cl. The van der Waals surface area contributed by atoms with Gasteiger partial charge in [-0.25, -0.2) is 0 Å². The van der Waals surface area contributed by atoms with Crippen molar-refractivity contribution in [2.24, 2.45) is 0 Å². The zero-order chi connectivity index (χ0) is 7.78. The van der Waals surface area contributed by atoms with E-state index in [1.165, 1.54) is 0 Å². The van der Waals surface area contributed by atoms with Crippen LogP contribution in [-0.4, -0.2) is 5.16 Å². The van der Waals surface area contributed by atoms with Crippen LogP contribution in [0.3, 0.4) is 0 Å². The molecule has 0 aliphatic heterocycles. The van der Waals surface area contributed by atoms with E-state index in [1.54, 1.807) is 0 Å². The lowest BCUT2D eigenvalue weighted by Crippen LogP contribution is -2.05. The highest BCUT2D eigenvalue weighted by Gasteiger charge is 2.37. The molecule has 0 spiro atoms. The van der Waals surface area contributed by atoms with Gasteiger partial charge in [0, 0.05) is 0 Å². The van der Waals surface area contributed by atoms with E-state index in [2.05, 4.69) is 9.68 Å². The smallest absolute Gasteiger partial charge is 0.363 e. The largest absolute Gasteiger partial charge is 0.438 e. The van der Waals surface area contributed by atoms with Crippen molar-refractivity contribution >= 4 is 11.6 Å². The predicted octanol–water partition coefficient (Wildman–Crippen LogP) is 2.35. The third kappa shape index (κ3) is 1.23. The summed E-state index contributed by atoms with van der Waals surface area (Å²) < 4.78 is 39.0. The predicted molar refractivity (Wildman–Crippen MR) is 26.5 cm³/mol. The number of hydrogen-bond donors (Lipinski definition) is 0. The van der Waals surface area contributed by atoms with Crippen molar-refractivity contribution in [2.45, 2.75) is 6.18 Å². The van der Waals surface area contributed by atoms with E-state index in [0.29, 0.717) is 0 Å². The summed E-state index contributed by atoms with van der Waals surface area (Å²) in [5.74, 6) is 0. The van der Waals surface area contributed by atoms with Crippen molar-refractivity contribution in [1.29, 1.82) is 0 Å². The number of hydrogen-bond acceptors (Lipinski definition) is 2. The van der Waals surface area contributed by atoms with E-state index in [1.807, 2.05) is 0 Å². The maximum absolute atomic E-state index is 11.7. The highest BCUT2D eigenvalue weighted by molar-refractivity contribution is 6.31. The Balaban J connectivity index is 3.05. The van der Waals surface area contributed by atoms with Crippen LogP contribution in [0, 0.1) is 0 Å². The third-order valence-corrected chi connectivity index (χ3v) is 1.06. The molecule has 0 amide bonds. The summed E-state index contributed by atoms with van der Waals surface area (Å²) in [6.07, 6.45) is -3.80. The standard InChI is InChI=1S/C4HClF3NO/c5-2-1-10-9-3(2)4(6,7)8/h1H. The van der Waals surface area contributed by atoms with Crippen LogP contribution >= 0.6 is 11.6 Å². The monoisotopic (exact) mass is 171 g/mol. The van der Waals surface area contributed by atoms with Crippen LogP contribution in [-0.2, 0) is 6.18 Å². The summed E-state index contributed by atoms with van der Waals surface area (Å²) in [4.78, 5) is 0. The second-order valence-corrected chi connectivity index (χ2v) is 1.92. The maximum Gasteiger partial charge on any atom is 0.438 e. The first-order valence-corrected chi connectivity index (χ1v) is 2.56. The van der Waals surface area contributed by atoms with Gasteiger partial charge in [0.2, 0.25) is 5.69 Å². The van der Waals surface area contributed by atoms with Crippen LogP contribution in [0.4, 0.5) is 13.2 Å². The molecule has 1 aromatic heterocycles. The van der Waals surface area contributed by atoms with Gasteiger partial charge >= 0.3 is 6.18 Å². The lowest BCUT2D eigenvalue weighted by molar-refractivity contribution is -0.142. The van der Waals surface area contributed by atoms with E-state index in [4.69, 9.17) is 11.6 Å². The molecule has 1 aromatic rings. The van der Waals surface area contributed by atoms with Crippen LogP contribution in [0.15, 0.2) is 10.8 Å². The first kappa shape index (κ1) is 7.40. The molecule has 1 heterocycles. The van der Waals surface area contributed by atoms with E-state index >= 15 is 0 Å². The van der Waals surface area contributed by atoms with Gasteiger partial charge in [-0.2, -0.15) is 13.2 Å². The van der Waals surface area contributed by atoms with E-state index in [0.717, 1.165) is 6.26 Å². The summed E-state index contributed by atoms with van der Waals surface area (Å²) in [7, 11) is 0. The van der Waals surface area contributed by atoms with Gasteiger partial charge in [0.15, 0.2) is 0 Å². The molecule has 0 aromatic carbocycles. The zero-order valence-corrected chi connectivity index (χ0v) is 5.20. The van der Waals surface area contributed by atoms with Crippen molar-refractivity contribution in [2.75, 3.05) is 0 Å². The molecule has 0 aliphatic rings. The molecule has 0 radical (unpaired) electrons. The molecule has 0 aliphatic carbocycles. The van der Waals surface area contributed by atoms with Crippen molar-refractivity contribution in [3.8, 4) is 0 Å². The molecule has 0 bridgehead atoms. The summed E-state index contributed by atoms with van der Waals surface area (Å²) in [6, 6.07) is 0. The highest BCUT2D eigenvalue weighted by atomic mass is 35.5. The van der Waals surface area contributed by atoms with Crippen LogP contribution in [0.1, 0.15) is 5.69 Å². The van der Waals surface area contributed by atoms with Crippen molar-refractivity contribution in [1.82, 2.24) is 5.16 Å². The van der Waals surface area contributed by atoms with Crippen molar-refractivity contribution in [3.05, 3.63) is 17.0 Å². The minimum atomic E-state index is -4.52. The molecule has 2 nitrogen and oxygen atoms in total. The first-order chi connectivity index (χ1) is 4.52. The van der Waals surface area contributed by atoms with Gasteiger partial charge in [-0.05, 0) is 0 Å². The summed E-state index contributed by atoms with van der Waals surface area (Å²) in [5.41, 5.74) is -1.19. The van der Waals surface area contributed by atoms with Crippen molar-refractivity contribution < 1.29 is 17.7 Å². The van der Waals surface area contributed by atoms with Crippen LogP contribution < -0.4 is 0 Å². The lowest BCUT2D eigenvalue weighted by Gasteiger charge is -1.98. The number of alkyl halides is 3. The van der Waals surface area contributed by atoms with Gasteiger partial charge in [-0.1, -0.05) is 16.8 Å². The fourth-order valence-corrected chi connectivity index (χ4v) is 0.593. The van der Waals surface area contributed by atoms with Gasteiger partial charge in [0.1, 0.15) is 11.3 Å². The maximum atomic E-state index is 11.7. The normalized spacial score (nSPS) is 12.0. The Bertz CT molecular complexity index is 231. The summed E-state index contributed by atoms with van der Waals surface area (Å²) in [6.45, 7) is 0. The Morgan fingerprint density at radius 2 is 2.10 bits per heavy atom. The Morgan fingerprint density at radius 1 is 1.50 bits per heavy atom. The van der Waals surface area contributed by atoms with Gasteiger partial charge in [0.05, 0.1) is 0 Å². The molecule has 10 heavy (non-hydrogen) atoms. The molecule has 0 unspecified atom stereocenters. The van der Waals surface area contributed by atoms with Gasteiger partial charge < -0.3 is 4.52 Å². The Morgan fingerprint density at radius 3 is 2.30 bits per heavy atom. The first-order valence-electron chi connectivity index (χ1n) is 2.19. The van der Waals surface area contributed by atoms with E-state index in [9.17, 15) is 13.2 Å². The van der Waals surface area contributed by atoms with Crippen LogP contribution in [0.25, 0.3) is 0 Å². The average Bonchev–Trinajstić information content (AvgIpc) is 2.11. The van der Waals surface area contributed by atoms with E-state index < -0.39 is 16.9 Å². The fraction of sp³-hybridized carbons (Fsp3) is 0.250. The molecule has 0 saturated carbocycles. The van der Waals surface area contributed by atoms with Gasteiger partial charge in [-0.15, -0.1) is 0 Å². The highest BCUT2D eigenvalue weighted by Crippen LogP contribution is 2.32. The number of halogens is 4. The van der Waals surface area contributed by atoms with Gasteiger partial charge in [0.25, 0.3) is 0 Å².